The summed E-state index contributed by atoms with van der Waals surface area (Å²) < 4.78 is 31.3. The maximum atomic E-state index is 5.26. The molecule has 6 heteroatoms. The summed E-state index contributed by atoms with van der Waals surface area (Å²) >= 11 is 0. The third-order valence-corrected chi connectivity index (χ3v) is 2.01. The molecule has 0 aliphatic carbocycles. The van der Waals surface area contributed by atoms with E-state index in [0.29, 0.717) is 13.2 Å². The largest absolute Gasteiger partial charge is 0.353 e. The van der Waals surface area contributed by atoms with Gasteiger partial charge in [0.15, 0.2) is 32.5 Å². The predicted octanol–water partition coefficient (Wildman–Crippen LogP) is 2.08. The lowest BCUT2D eigenvalue weighted by atomic mass is 10.7. The quantitative estimate of drug-likeness (QED) is 0.504. The second-order valence-electron chi connectivity index (χ2n) is 3.52. The SMILES string of the molecule is CCOC(C)OCOC(C)OCOC(C)OCC. The molecule has 0 radical (unpaired) electrons. The molecule has 0 saturated heterocycles. The molecule has 2 unspecified atom stereocenters. The molecule has 0 fully saturated rings. The van der Waals surface area contributed by atoms with Gasteiger partial charge in [-0.05, 0) is 34.6 Å². The van der Waals surface area contributed by atoms with Crippen LogP contribution in [0.25, 0.3) is 0 Å². The fourth-order valence-electron chi connectivity index (χ4n) is 1.08. The van der Waals surface area contributed by atoms with E-state index in [1.54, 1.807) is 6.92 Å². The first kappa shape index (κ1) is 17.8. The molecular formula is C12H26O6. The molecule has 0 heterocycles. The van der Waals surface area contributed by atoms with Gasteiger partial charge in [0.1, 0.15) is 0 Å². The molecule has 6 nitrogen and oxygen atoms in total. The van der Waals surface area contributed by atoms with E-state index in [0.717, 1.165) is 0 Å². The van der Waals surface area contributed by atoms with Crippen molar-refractivity contribution in [3.63, 3.8) is 0 Å². The Morgan fingerprint density at radius 1 is 0.556 bits per heavy atom. The molecule has 0 saturated carbocycles. The summed E-state index contributed by atoms with van der Waals surface area (Å²) in [7, 11) is 0. The van der Waals surface area contributed by atoms with Crippen LogP contribution in [0.15, 0.2) is 0 Å². The van der Waals surface area contributed by atoms with Gasteiger partial charge in [-0.3, -0.25) is 0 Å². The van der Waals surface area contributed by atoms with Crippen molar-refractivity contribution in [3.05, 3.63) is 0 Å². The zero-order valence-corrected chi connectivity index (χ0v) is 12.0. The van der Waals surface area contributed by atoms with E-state index >= 15 is 0 Å². The number of ether oxygens (including phenoxy) is 6. The average molecular weight is 266 g/mol. The summed E-state index contributed by atoms with van der Waals surface area (Å²) in [5.74, 6) is 0. The van der Waals surface area contributed by atoms with E-state index < -0.39 is 6.29 Å². The van der Waals surface area contributed by atoms with Gasteiger partial charge in [-0.2, -0.15) is 0 Å². The van der Waals surface area contributed by atoms with Crippen molar-refractivity contribution in [2.75, 3.05) is 26.8 Å². The smallest absolute Gasteiger partial charge is 0.160 e. The van der Waals surface area contributed by atoms with E-state index in [4.69, 9.17) is 28.4 Å². The Bertz CT molecular complexity index is 160. The van der Waals surface area contributed by atoms with Gasteiger partial charge < -0.3 is 28.4 Å². The van der Waals surface area contributed by atoms with Crippen LogP contribution >= 0.6 is 0 Å². The molecule has 0 amide bonds. The van der Waals surface area contributed by atoms with Gasteiger partial charge in [0, 0.05) is 13.2 Å². The van der Waals surface area contributed by atoms with Crippen molar-refractivity contribution < 1.29 is 28.4 Å². The van der Waals surface area contributed by atoms with Crippen LogP contribution in [0.3, 0.4) is 0 Å². The summed E-state index contributed by atoms with van der Waals surface area (Å²) in [6, 6.07) is 0. The van der Waals surface area contributed by atoms with Crippen molar-refractivity contribution in [2.24, 2.45) is 0 Å². The van der Waals surface area contributed by atoms with Crippen molar-refractivity contribution >= 4 is 0 Å². The molecule has 0 aliphatic rings. The molecule has 0 bridgehead atoms. The van der Waals surface area contributed by atoms with Crippen LogP contribution in [-0.2, 0) is 28.4 Å². The second kappa shape index (κ2) is 11.8. The molecule has 0 aromatic rings. The van der Waals surface area contributed by atoms with E-state index in [1.165, 1.54) is 0 Å². The summed E-state index contributed by atoms with van der Waals surface area (Å²) in [4.78, 5) is 0. The first-order chi connectivity index (χ1) is 8.60. The first-order valence-corrected chi connectivity index (χ1v) is 6.29. The second-order valence-corrected chi connectivity index (χ2v) is 3.52. The van der Waals surface area contributed by atoms with Crippen LogP contribution in [0.5, 0.6) is 0 Å². The molecule has 0 rings (SSSR count). The Kier molecular flexibility index (Phi) is 11.7. The highest BCUT2D eigenvalue weighted by atomic mass is 16.8. The Balaban J connectivity index is 3.39. The minimum absolute atomic E-state index is 0.114. The van der Waals surface area contributed by atoms with Crippen LogP contribution in [-0.4, -0.2) is 45.7 Å². The van der Waals surface area contributed by atoms with Gasteiger partial charge in [0.2, 0.25) is 0 Å². The van der Waals surface area contributed by atoms with Crippen LogP contribution in [0, 0.1) is 0 Å². The zero-order valence-electron chi connectivity index (χ0n) is 12.0. The minimum atomic E-state index is -0.410. The fraction of sp³-hybridized carbons (Fsp3) is 1.00. The van der Waals surface area contributed by atoms with Gasteiger partial charge in [0.25, 0.3) is 0 Å². The first-order valence-electron chi connectivity index (χ1n) is 6.29. The molecule has 0 N–H and O–H groups in total. The highest BCUT2D eigenvalue weighted by Crippen LogP contribution is 2.00. The standard InChI is InChI=1S/C12H26O6/c1-6-13-10(3)15-8-17-12(5)18-9-16-11(4)14-7-2/h10-12H,6-9H2,1-5H3. The zero-order chi connectivity index (χ0) is 13.8. The van der Waals surface area contributed by atoms with Crippen LogP contribution in [0.2, 0.25) is 0 Å². The lowest BCUT2D eigenvalue weighted by Crippen LogP contribution is -2.22. The van der Waals surface area contributed by atoms with Crippen LogP contribution in [0.1, 0.15) is 34.6 Å². The number of hydrogen-bond donors (Lipinski definition) is 0. The Labute approximate surface area is 109 Å². The summed E-state index contributed by atoms with van der Waals surface area (Å²) in [6.45, 7) is 10.6. The van der Waals surface area contributed by atoms with Crippen molar-refractivity contribution in [1.82, 2.24) is 0 Å². The topological polar surface area (TPSA) is 55.4 Å². The molecule has 0 aliphatic heterocycles. The van der Waals surface area contributed by atoms with Gasteiger partial charge in [-0.15, -0.1) is 0 Å². The van der Waals surface area contributed by atoms with Crippen LogP contribution in [0.4, 0.5) is 0 Å². The number of rotatable bonds is 12. The molecule has 0 aromatic carbocycles. The third-order valence-electron chi connectivity index (χ3n) is 2.01. The van der Waals surface area contributed by atoms with Gasteiger partial charge in [-0.25, -0.2) is 0 Å². The Morgan fingerprint density at radius 2 is 0.833 bits per heavy atom. The normalized spacial score (nSPS) is 16.5. The van der Waals surface area contributed by atoms with E-state index in [2.05, 4.69) is 0 Å². The highest BCUT2D eigenvalue weighted by Gasteiger charge is 2.06. The third kappa shape index (κ3) is 10.9. The number of hydrogen-bond acceptors (Lipinski definition) is 6. The average Bonchev–Trinajstić information content (AvgIpc) is 2.29. The van der Waals surface area contributed by atoms with Crippen molar-refractivity contribution in [1.29, 1.82) is 0 Å². The fourth-order valence-corrected chi connectivity index (χ4v) is 1.08. The Morgan fingerprint density at radius 3 is 1.11 bits per heavy atom. The lowest BCUT2D eigenvalue weighted by Gasteiger charge is -2.18. The lowest BCUT2D eigenvalue weighted by molar-refractivity contribution is -0.269. The molecule has 110 valence electrons. The molecule has 18 heavy (non-hydrogen) atoms. The van der Waals surface area contributed by atoms with E-state index in [-0.39, 0.29) is 26.2 Å². The molecule has 2 atom stereocenters. The van der Waals surface area contributed by atoms with Crippen molar-refractivity contribution in [2.45, 2.75) is 53.5 Å². The highest BCUT2D eigenvalue weighted by molar-refractivity contribution is 4.31. The molecule has 0 spiro atoms. The Hall–Kier alpha value is -0.240. The minimum Gasteiger partial charge on any atom is -0.353 e. The monoisotopic (exact) mass is 266 g/mol. The maximum absolute atomic E-state index is 5.26. The van der Waals surface area contributed by atoms with Gasteiger partial charge in [-0.1, -0.05) is 0 Å². The van der Waals surface area contributed by atoms with Gasteiger partial charge >= 0.3 is 0 Å². The summed E-state index contributed by atoms with van der Waals surface area (Å²) in [6.07, 6.45) is -0.972. The predicted molar refractivity (Wildman–Crippen MR) is 65.7 cm³/mol. The van der Waals surface area contributed by atoms with E-state index in [1.807, 2.05) is 27.7 Å². The van der Waals surface area contributed by atoms with E-state index in [9.17, 15) is 0 Å². The molecular weight excluding hydrogens is 240 g/mol. The van der Waals surface area contributed by atoms with Gasteiger partial charge in [0.05, 0.1) is 0 Å². The summed E-state index contributed by atoms with van der Waals surface area (Å²) in [5, 5.41) is 0. The maximum Gasteiger partial charge on any atom is 0.160 e. The molecule has 0 aromatic heterocycles. The van der Waals surface area contributed by atoms with Crippen molar-refractivity contribution in [3.8, 4) is 0 Å². The summed E-state index contributed by atoms with van der Waals surface area (Å²) in [5.41, 5.74) is 0. The van der Waals surface area contributed by atoms with Crippen LogP contribution < -0.4 is 0 Å².